The number of amides is 1. The molecule has 3 aromatic heterocycles. The fourth-order valence-electron chi connectivity index (χ4n) is 4.63. The van der Waals surface area contributed by atoms with Gasteiger partial charge in [-0.05, 0) is 50.8 Å². The maximum Gasteiger partial charge on any atom is 0.223 e. The van der Waals surface area contributed by atoms with Crippen molar-refractivity contribution in [2.45, 2.75) is 39.7 Å². The molecule has 0 spiro atoms. The fourth-order valence-corrected chi connectivity index (χ4v) is 5.90. The largest absolute Gasteiger partial charge is 0.355 e. The zero-order chi connectivity index (χ0) is 22.2. The van der Waals surface area contributed by atoms with E-state index in [2.05, 4.69) is 45.3 Å². The van der Waals surface area contributed by atoms with Gasteiger partial charge in [-0.2, -0.15) is 0 Å². The van der Waals surface area contributed by atoms with Gasteiger partial charge in [0, 0.05) is 30.1 Å². The number of fused-ring (bicyclic) bond motifs is 3. The van der Waals surface area contributed by atoms with Gasteiger partial charge in [-0.3, -0.25) is 4.79 Å². The van der Waals surface area contributed by atoms with Gasteiger partial charge in [-0.15, -0.1) is 11.3 Å². The summed E-state index contributed by atoms with van der Waals surface area (Å²) in [4.78, 5) is 30.1. The molecule has 0 radical (unpaired) electrons. The topological polar surface area (TPSA) is 71.0 Å². The fraction of sp³-hybridized carbons (Fsp3) is 0.360. The number of aryl methyl sites for hydroxylation is 2. The third-order valence-electron chi connectivity index (χ3n) is 6.36. The van der Waals surface area contributed by atoms with Crippen LogP contribution in [0.5, 0.6) is 0 Å². The van der Waals surface area contributed by atoms with Crippen molar-refractivity contribution in [2.24, 2.45) is 5.92 Å². The molecule has 0 saturated carbocycles. The van der Waals surface area contributed by atoms with Gasteiger partial charge in [0.05, 0.1) is 16.3 Å². The van der Waals surface area contributed by atoms with Crippen LogP contribution in [0.2, 0.25) is 0 Å². The number of piperidine rings is 1. The molecule has 4 aromatic rings. The third kappa shape index (κ3) is 3.81. The monoisotopic (exact) mass is 445 g/mol. The maximum atomic E-state index is 12.9. The first-order valence-corrected chi connectivity index (χ1v) is 11.9. The predicted octanol–water partition coefficient (Wildman–Crippen LogP) is 4.95. The molecule has 1 N–H and O–H groups in total. The Kier molecular flexibility index (Phi) is 5.51. The Morgan fingerprint density at radius 1 is 1.16 bits per heavy atom. The highest BCUT2D eigenvalue weighted by Crippen LogP contribution is 2.38. The molecular formula is C25H27N5OS. The number of anilines is 1. The van der Waals surface area contributed by atoms with Gasteiger partial charge < -0.3 is 10.2 Å². The molecule has 32 heavy (non-hydrogen) atoms. The SMILES string of the molecule is Cc1cc(C)c2c(n1)sc1c(N3CCC(C(=O)NC(C)c4ccccc4)CC3)ncnc12. The van der Waals surface area contributed by atoms with Crippen LogP contribution < -0.4 is 10.2 Å². The van der Waals surface area contributed by atoms with Gasteiger partial charge in [0.15, 0.2) is 0 Å². The first kappa shape index (κ1) is 20.8. The zero-order valence-corrected chi connectivity index (χ0v) is 19.4. The molecule has 1 amide bonds. The molecular weight excluding hydrogens is 418 g/mol. The summed E-state index contributed by atoms with van der Waals surface area (Å²) < 4.78 is 1.09. The Morgan fingerprint density at radius 3 is 2.66 bits per heavy atom. The number of aromatic nitrogens is 3. The van der Waals surface area contributed by atoms with E-state index in [4.69, 9.17) is 4.98 Å². The molecule has 1 unspecified atom stereocenters. The van der Waals surface area contributed by atoms with Crippen molar-refractivity contribution in [1.82, 2.24) is 20.3 Å². The van der Waals surface area contributed by atoms with Crippen molar-refractivity contribution in [3.63, 3.8) is 0 Å². The Labute approximate surface area is 191 Å². The molecule has 5 rings (SSSR count). The molecule has 6 nitrogen and oxygen atoms in total. The Morgan fingerprint density at radius 2 is 1.91 bits per heavy atom. The highest BCUT2D eigenvalue weighted by atomic mass is 32.1. The molecule has 1 saturated heterocycles. The van der Waals surface area contributed by atoms with Crippen molar-refractivity contribution in [3.05, 3.63) is 59.5 Å². The zero-order valence-electron chi connectivity index (χ0n) is 18.6. The maximum absolute atomic E-state index is 12.9. The van der Waals surface area contributed by atoms with Crippen LogP contribution in [0.3, 0.4) is 0 Å². The van der Waals surface area contributed by atoms with E-state index in [1.807, 2.05) is 32.0 Å². The van der Waals surface area contributed by atoms with Gasteiger partial charge in [0.2, 0.25) is 5.91 Å². The van der Waals surface area contributed by atoms with Crippen LogP contribution in [0.15, 0.2) is 42.7 Å². The van der Waals surface area contributed by atoms with Crippen molar-refractivity contribution >= 4 is 43.5 Å². The van der Waals surface area contributed by atoms with E-state index in [0.29, 0.717) is 0 Å². The highest BCUT2D eigenvalue weighted by Gasteiger charge is 2.28. The lowest BCUT2D eigenvalue weighted by Gasteiger charge is -2.32. The number of hydrogen-bond donors (Lipinski definition) is 1. The number of thiophene rings is 1. The third-order valence-corrected chi connectivity index (χ3v) is 7.42. The second kappa shape index (κ2) is 8.47. The summed E-state index contributed by atoms with van der Waals surface area (Å²) in [5, 5.41) is 4.32. The first-order valence-electron chi connectivity index (χ1n) is 11.1. The van der Waals surface area contributed by atoms with E-state index in [1.165, 1.54) is 5.56 Å². The number of carbonyl (C=O) groups is 1. The van der Waals surface area contributed by atoms with E-state index < -0.39 is 0 Å². The number of rotatable bonds is 4. The molecule has 1 aliphatic rings. The number of nitrogens with zero attached hydrogens (tertiary/aromatic N) is 4. The minimum absolute atomic E-state index is 0.0148. The summed E-state index contributed by atoms with van der Waals surface area (Å²) in [5.41, 5.74) is 4.33. The predicted molar refractivity (Wildman–Crippen MR) is 130 cm³/mol. The van der Waals surface area contributed by atoms with Gasteiger partial charge >= 0.3 is 0 Å². The Bertz CT molecular complexity index is 1280. The molecule has 1 aromatic carbocycles. The molecule has 1 fully saturated rings. The van der Waals surface area contributed by atoms with Gasteiger partial charge in [0.25, 0.3) is 0 Å². The molecule has 7 heteroatoms. The van der Waals surface area contributed by atoms with Crippen molar-refractivity contribution < 1.29 is 4.79 Å². The quantitative estimate of drug-likeness (QED) is 0.481. The van der Waals surface area contributed by atoms with E-state index in [0.717, 1.165) is 63.4 Å². The van der Waals surface area contributed by atoms with E-state index >= 15 is 0 Å². The molecule has 0 bridgehead atoms. The van der Waals surface area contributed by atoms with Crippen LogP contribution in [-0.4, -0.2) is 33.9 Å². The number of pyridine rings is 1. The number of nitrogens with one attached hydrogen (secondary N) is 1. The number of hydrogen-bond acceptors (Lipinski definition) is 6. The van der Waals surface area contributed by atoms with Crippen LogP contribution in [0.4, 0.5) is 5.82 Å². The lowest BCUT2D eigenvalue weighted by molar-refractivity contribution is -0.126. The van der Waals surface area contributed by atoms with E-state index in [-0.39, 0.29) is 17.9 Å². The molecule has 164 valence electrons. The lowest BCUT2D eigenvalue weighted by Crippen LogP contribution is -2.41. The summed E-state index contributed by atoms with van der Waals surface area (Å²) >= 11 is 1.67. The van der Waals surface area contributed by atoms with Crippen molar-refractivity contribution in [1.29, 1.82) is 0 Å². The summed E-state index contributed by atoms with van der Waals surface area (Å²) in [6.07, 6.45) is 3.30. The summed E-state index contributed by atoms with van der Waals surface area (Å²) in [6.45, 7) is 7.80. The molecule has 1 atom stereocenters. The first-order chi connectivity index (χ1) is 15.5. The minimum Gasteiger partial charge on any atom is -0.355 e. The standard InChI is InChI=1S/C25H27N5OS/c1-15-13-16(2)28-25-20(15)21-22(32-25)23(27-14-26-21)30-11-9-19(10-12-30)24(31)29-17(3)18-7-5-4-6-8-18/h4-8,13-14,17,19H,9-12H2,1-3H3,(H,29,31). The smallest absolute Gasteiger partial charge is 0.223 e. The molecule has 0 aliphatic carbocycles. The Hall–Kier alpha value is -3.06. The second-order valence-electron chi connectivity index (χ2n) is 8.64. The minimum atomic E-state index is 0.0148. The average molecular weight is 446 g/mol. The number of carbonyl (C=O) groups excluding carboxylic acids is 1. The average Bonchev–Trinajstić information content (AvgIpc) is 3.18. The van der Waals surface area contributed by atoms with Crippen LogP contribution in [0.25, 0.3) is 20.4 Å². The van der Waals surface area contributed by atoms with Crippen LogP contribution >= 0.6 is 11.3 Å². The summed E-state index contributed by atoms with van der Waals surface area (Å²) in [7, 11) is 0. The van der Waals surface area contributed by atoms with Crippen LogP contribution in [0.1, 0.15) is 42.6 Å². The number of benzene rings is 1. The van der Waals surface area contributed by atoms with Gasteiger partial charge in [-0.25, -0.2) is 15.0 Å². The second-order valence-corrected chi connectivity index (χ2v) is 9.64. The molecule has 1 aliphatic heterocycles. The van der Waals surface area contributed by atoms with Crippen molar-refractivity contribution in [2.75, 3.05) is 18.0 Å². The highest BCUT2D eigenvalue weighted by molar-refractivity contribution is 7.26. The normalized spacial score (nSPS) is 15.9. The van der Waals surface area contributed by atoms with Gasteiger partial charge in [-0.1, -0.05) is 30.3 Å². The summed E-state index contributed by atoms with van der Waals surface area (Å²) in [5.74, 6) is 1.14. The van der Waals surface area contributed by atoms with E-state index in [9.17, 15) is 4.79 Å². The lowest BCUT2D eigenvalue weighted by atomic mass is 9.95. The summed E-state index contributed by atoms with van der Waals surface area (Å²) in [6, 6.07) is 12.2. The Balaban J connectivity index is 1.32. The van der Waals surface area contributed by atoms with Crippen LogP contribution in [0, 0.1) is 19.8 Å². The van der Waals surface area contributed by atoms with Crippen molar-refractivity contribution in [3.8, 4) is 0 Å². The molecule has 4 heterocycles. The van der Waals surface area contributed by atoms with Gasteiger partial charge in [0.1, 0.15) is 17.0 Å². The van der Waals surface area contributed by atoms with Crippen LogP contribution in [-0.2, 0) is 4.79 Å². The van der Waals surface area contributed by atoms with E-state index in [1.54, 1.807) is 17.7 Å².